The molecule has 27 heavy (non-hydrogen) atoms. The van der Waals surface area contributed by atoms with Crippen molar-refractivity contribution < 1.29 is 4.79 Å². The monoisotopic (exact) mass is 381 g/mol. The molecule has 0 fully saturated rings. The van der Waals surface area contributed by atoms with Gasteiger partial charge in [-0.3, -0.25) is 4.79 Å². The Morgan fingerprint density at radius 2 is 1.96 bits per heavy atom. The van der Waals surface area contributed by atoms with E-state index in [1.54, 1.807) is 0 Å². The molecule has 4 rings (SSSR count). The van der Waals surface area contributed by atoms with Crippen LogP contribution in [0.1, 0.15) is 34.6 Å². The summed E-state index contributed by atoms with van der Waals surface area (Å²) in [6.45, 7) is 3.79. The fraction of sp³-hybridized carbons (Fsp3) is 0.227. The van der Waals surface area contributed by atoms with Crippen LogP contribution in [0, 0.1) is 0 Å². The van der Waals surface area contributed by atoms with Gasteiger partial charge in [0.15, 0.2) is 0 Å². The normalized spacial score (nSPS) is 14.5. The van der Waals surface area contributed by atoms with Gasteiger partial charge in [-0.05, 0) is 40.5 Å². The van der Waals surface area contributed by atoms with Gasteiger partial charge in [0, 0.05) is 26.3 Å². The van der Waals surface area contributed by atoms with Crippen molar-refractivity contribution in [2.45, 2.75) is 13.0 Å². The van der Waals surface area contributed by atoms with Crippen LogP contribution < -0.4 is 10.6 Å². The Labute approximate surface area is 165 Å². The van der Waals surface area contributed by atoms with E-state index in [9.17, 15) is 4.79 Å². The second kappa shape index (κ2) is 7.99. The maximum absolute atomic E-state index is 12.8. The highest BCUT2D eigenvalue weighted by Crippen LogP contribution is 2.25. The van der Waals surface area contributed by atoms with Gasteiger partial charge in [-0.2, -0.15) is 0 Å². The number of aromatic nitrogens is 1. The molecule has 1 aliphatic heterocycles. The van der Waals surface area contributed by atoms with Gasteiger partial charge in [0.25, 0.3) is 5.91 Å². The molecule has 1 amide bonds. The topological polar surface area (TPSA) is 46.1 Å². The number of fused-ring (bicyclic) bond motifs is 1. The molecule has 1 aromatic heterocycles. The van der Waals surface area contributed by atoms with E-state index in [4.69, 9.17) is 0 Å². The number of amides is 1. The minimum Gasteiger partial charge on any atom is -0.346 e. The Hall–Kier alpha value is -2.56. The van der Waals surface area contributed by atoms with Crippen molar-refractivity contribution in [2.75, 3.05) is 13.1 Å². The van der Waals surface area contributed by atoms with Gasteiger partial charge < -0.3 is 15.2 Å². The first-order valence-corrected chi connectivity index (χ1v) is 8.98. The summed E-state index contributed by atoms with van der Waals surface area (Å²) in [5, 5.41) is 8.82. The second-order valence-corrected chi connectivity index (χ2v) is 6.85. The third-order valence-electron chi connectivity index (χ3n) is 5.05. The van der Waals surface area contributed by atoms with Crippen molar-refractivity contribution in [2.24, 2.45) is 7.05 Å². The molecule has 3 aromatic rings. The van der Waals surface area contributed by atoms with Crippen LogP contribution >= 0.6 is 12.4 Å². The Kier molecular flexibility index (Phi) is 5.68. The Balaban J connectivity index is 0.00000210. The number of carbonyl (C=O) groups is 1. The number of carbonyl (C=O) groups excluding carboxylic acids is 1. The molecule has 2 N–H and O–H groups in total. The van der Waals surface area contributed by atoms with Gasteiger partial charge in [-0.1, -0.05) is 48.5 Å². The second-order valence-electron chi connectivity index (χ2n) is 6.85. The molecule has 1 atom stereocenters. The lowest BCUT2D eigenvalue weighted by Crippen LogP contribution is -2.28. The van der Waals surface area contributed by atoms with Gasteiger partial charge in [-0.15, -0.1) is 12.4 Å². The fourth-order valence-corrected chi connectivity index (χ4v) is 3.64. The number of halogens is 1. The minimum absolute atomic E-state index is 0. The summed E-state index contributed by atoms with van der Waals surface area (Å²) in [5.74, 6) is -0.0502. The number of hydrogen-bond donors (Lipinski definition) is 2. The molecular weight excluding hydrogens is 358 g/mol. The van der Waals surface area contributed by atoms with Gasteiger partial charge in [0.2, 0.25) is 0 Å². The Morgan fingerprint density at radius 3 is 2.74 bits per heavy atom. The summed E-state index contributed by atoms with van der Waals surface area (Å²) in [6.07, 6.45) is 4.20. The van der Waals surface area contributed by atoms with E-state index in [0.717, 1.165) is 24.2 Å². The molecular formula is C22H24ClN3O. The zero-order valence-corrected chi connectivity index (χ0v) is 16.3. The number of aryl methyl sites for hydroxylation is 1. The zero-order chi connectivity index (χ0) is 18.1. The van der Waals surface area contributed by atoms with Gasteiger partial charge in [0.05, 0.1) is 6.04 Å². The van der Waals surface area contributed by atoms with Crippen LogP contribution in [-0.2, 0) is 7.05 Å². The summed E-state index contributed by atoms with van der Waals surface area (Å²) < 4.78 is 1.90. The molecule has 0 bridgehead atoms. The van der Waals surface area contributed by atoms with Gasteiger partial charge >= 0.3 is 0 Å². The molecule has 0 radical (unpaired) electrons. The number of nitrogens with zero attached hydrogens (tertiary/aromatic N) is 1. The number of hydrogen-bond acceptors (Lipinski definition) is 2. The molecule has 140 valence electrons. The lowest BCUT2D eigenvalue weighted by molar-refractivity contribution is 0.0932. The summed E-state index contributed by atoms with van der Waals surface area (Å²) in [4.78, 5) is 12.8. The van der Waals surface area contributed by atoms with Crippen LogP contribution in [-0.4, -0.2) is 23.6 Å². The average molecular weight is 382 g/mol. The van der Waals surface area contributed by atoms with E-state index < -0.39 is 0 Å². The van der Waals surface area contributed by atoms with E-state index in [2.05, 4.69) is 41.0 Å². The summed E-state index contributed by atoms with van der Waals surface area (Å²) in [7, 11) is 1.92. The highest BCUT2D eigenvalue weighted by atomic mass is 35.5. The van der Waals surface area contributed by atoms with Crippen molar-refractivity contribution >= 4 is 34.7 Å². The fourth-order valence-electron chi connectivity index (χ4n) is 3.64. The van der Waals surface area contributed by atoms with E-state index >= 15 is 0 Å². The van der Waals surface area contributed by atoms with Crippen LogP contribution in [0.2, 0.25) is 0 Å². The van der Waals surface area contributed by atoms with E-state index in [-0.39, 0.29) is 24.4 Å². The summed E-state index contributed by atoms with van der Waals surface area (Å²) in [6, 6.07) is 16.4. The first-order valence-electron chi connectivity index (χ1n) is 8.98. The van der Waals surface area contributed by atoms with Crippen LogP contribution in [0.3, 0.4) is 0 Å². The van der Waals surface area contributed by atoms with E-state index in [1.807, 2.05) is 49.0 Å². The smallest absolute Gasteiger partial charge is 0.268 e. The van der Waals surface area contributed by atoms with Crippen molar-refractivity contribution in [1.29, 1.82) is 0 Å². The zero-order valence-electron chi connectivity index (χ0n) is 15.5. The molecule has 2 heterocycles. The standard InChI is InChI=1S/C22H23N3O.ClH/c1-15(19-9-5-7-16-6-3-4-8-20(16)19)24-22(26)21-12-18(14-25(21)2)17-10-11-23-13-17;/h3-10,12,14-15,23H,11,13H2,1-2H3,(H,24,26);1H. The quantitative estimate of drug-likeness (QED) is 0.715. The predicted molar refractivity (Wildman–Crippen MR) is 113 cm³/mol. The van der Waals surface area contributed by atoms with Crippen molar-refractivity contribution in [1.82, 2.24) is 15.2 Å². The SMILES string of the molecule is CC(NC(=O)c1cc(C2=CCNC2)cn1C)c1cccc2ccccc12.Cl. The molecule has 2 aromatic carbocycles. The van der Waals surface area contributed by atoms with Crippen LogP contribution in [0.5, 0.6) is 0 Å². The van der Waals surface area contributed by atoms with E-state index in [0.29, 0.717) is 5.69 Å². The van der Waals surface area contributed by atoms with Crippen molar-refractivity contribution in [3.63, 3.8) is 0 Å². The maximum Gasteiger partial charge on any atom is 0.268 e. The van der Waals surface area contributed by atoms with Crippen LogP contribution in [0.25, 0.3) is 16.3 Å². The number of rotatable bonds is 4. The summed E-state index contributed by atoms with van der Waals surface area (Å²) >= 11 is 0. The first kappa shape index (κ1) is 19.2. The predicted octanol–water partition coefficient (Wildman–Crippen LogP) is 4.08. The molecule has 0 saturated heterocycles. The highest BCUT2D eigenvalue weighted by molar-refractivity contribution is 5.95. The molecule has 1 unspecified atom stereocenters. The van der Waals surface area contributed by atoms with Crippen LogP contribution in [0.15, 0.2) is 60.8 Å². The third kappa shape index (κ3) is 3.77. The van der Waals surface area contributed by atoms with Gasteiger partial charge in [0.1, 0.15) is 5.69 Å². The number of nitrogens with one attached hydrogen (secondary N) is 2. The lowest BCUT2D eigenvalue weighted by atomic mass is 9.99. The highest BCUT2D eigenvalue weighted by Gasteiger charge is 2.18. The summed E-state index contributed by atoms with van der Waals surface area (Å²) in [5.41, 5.74) is 4.18. The van der Waals surface area contributed by atoms with E-state index in [1.165, 1.54) is 16.3 Å². The van der Waals surface area contributed by atoms with Crippen molar-refractivity contribution in [3.8, 4) is 0 Å². The Morgan fingerprint density at radius 1 is 1.19 bits per heavy atom. The molecule has 0 saturated carbocycles. The minimum atomic E-state index is -0.0701. The molecule has 5 heteroatoms. The molecule has 0 aliphatic carbocycles. The first-order chi connectivity index (χ1) is 12.6. The van der Waals surface area contributed by atoms with Crippen LogP contribution in [0.4, 0.5) is 0 Å². The van der Waals surface area contributed by atoms with Crippen molar-refractivity contribution in [3.05, 3.63) is 77.6 Å². The van der Waals surface area contributed by atoms with Gasteiger partial charge in [-0.25, -0.2) is 0 Å². The average Bonchev–Trinajstić information content (AvgIpc) is 3.30. The molecule has 1 aliphatic rings. The maximum atomic E-state index is 12.8. The third-order valence-corrected chi connectivity index (χ3v) is 5.05. The lowest BCUT2D eigenvalue weighted by Gasteiger charge is -2.17. The Bertz CT molecular complexity index is 1000. The number of benzene rings is 2. The molecule has 4 nitrogen and oxygen atoms in total. The largest absolute Gasteiger partial charge is 0.346 e. The molecule has 0 spiro atoms.